The summed E-state index contributed by atoms with van der Waals surface area (Å²) in [5.41, 5.74) is 6.59. The average molecular weight is 820 g/mol. The monoisotopic (exact) mass is 819 g/mol. The van der Waals surface area contributed by atoms with Crippen LogP contribution in [0, 0.1) is 30.5 Å². The summed E-state index contributed by atoms with van der Waals surface area (Å²) >= 11 is 5.83. The van der Waals surface area contributed by atoms with Gasteiger partial charge in [-0.25, -0.2) is 29.1 Å². The Morgan fingerprint density at radius 1 is 0.683 bits per heavy atom. The molecule has 7 rings (SSSR count). The summed E-state index contributed by atoms with van der Waals surface area (Å²) in [6, 6.07) is 30.3. The second-order valence-electron chi connectivity index (χ2n) is 14.1. The van der Waals surface area contributed by atoms with Gasteiger partial charge in [-0.3, -0.25) is 4.79 Å². The van der Waals surface area contributed by atoms with Crippen molar-refractivity contribution in [1.29, 1.82) is 0 Å². The summed E-state index contributed by atoms with van der Waals surface area (Å²) in [6.45, 7) is 8.76. The number of carboxylic acid groups (broad SMARTS) is 1. The highest BCUT2D eigenvalue weighted by Crippen LogP contribution is 2.32. The average Bonchev–Trinajstić information content (AvgIpc) is 3.25. The molecule has 12 heteroatoms. The molecular formula is C48H39ClFN5O5. The fourth-order valence-corrected chi connectivity index (χ4v) is 6.28. The van der Waals surface area contributed by atoms with Gasteiger partial charge in [-0.1, -0.05) is 99.7 Å². The lowest BCUT2D eigenvalue weighted by Gasteiger charge is -2.12. The van der Waals surface area contributed by atoms with Crippen LogP contribution in [0.1, 0.15) is 71.9 Å². The Bertz CT molecular complexity index is 2800. The largest absolute Gasteiger partial charge is 0.481 e. The molecule has 0 bridgehead atoms. The summed E-state index contributed by atoms with van der Waals surface area (Å²) in [4.78, 5) is 41.8. The van der Waals surface area contributed by atoms with Crippen molar-refractivity contribution in [3.05, 3.63) is 137 Å². The van der Waals surface area contributed by atoms with Gasteiger partial charge in [0.15, 0.2) is 0 Å². The van der Waals surface area contributed by atoms with Crippen LogP contribution >= 0.6 is 11.6 Å². The van der Waals surface area contributed by atoms with Gasteiger partial charge in [-0.2, -0.15) is 0 Å². The first-order valence-electron chi connectivity index (χ1n) is 18.8. The highest BCUT2D eigenvalue weighted by Gasteiger charge is 2.18. The van der Waals surface area contributed by atoms with Gasteiger partial charge in [0.25, 0.3) is 5.91 Å². The van der Waals surface area contributed by atoms with Crippen molar-refractivity contribution in [2.75, 3.05) is 18.5 Å². The molecule has 2 heterocycles. The SMILES string of the molecule is C#CCOc1ccc2nc(C(=O)Nc3ccc(F)c(Cl)c3)nc(-c3ccc(C(C)C)cc3)c2c1.C#CCOc1ccc2nc(C(=O)O)nc(-c3ccc(C(C)C)cc3)c2c1. The Hall–Kier alpha value is -7.34. The molecule has 0 aliphatic carbocycles. The second-order valence-corrected chi connectivity index (χ2v) is 14.5. The Kier molecular flexibility index (Phi) is 13.3. The van der Waals surface area contributed by atoms with E-state index in [2.05, 4.69) is 64.8 Å². The molecule has 5 aromatic carbocycles. The van der Waals surface area contributed by atoms with Gasteiger partial charge in [0, 0.05) is 27.6 Å². The maximum absolute atomic E-state index is 13.5. The maximum atomic E-state index is 13.5. The number of aromatic carboxylic acids is 1. The number of aromatic nitrogens is 4. The normalized spacial score (nSPS) is 10.8. The van der Waals surface area contributed by atoms with Gasteiger partial charge in [0.05, 0.1) is 27.4 Å². The van der Waals surface area contributed by atoms with Gasteiger partial charge in [-0.15, -0.1) is 12.8 Å². The molecule has 0 radical (unpaired) electrons. The van der Waals surface area contributed by atoms with E-state index in [1.165, 1.54) is 29.3 Å². The van der Waals surface area contributed by atoms with E-state index in [1.54, 1.807) is 36.4 Å². The van der Waals surface area contributed by atoms with Crippen LogP contribution in [-0.4, -0.2) is 50.1 Å². The number of terminal acetylenes is 2. The molecule has 1 amide bonds. The van der Waals surface area contributed by atoms with Gasteiger partial charge >= 0.3 is 5.97 Å². The number of halogens is 2. The summed E-state index contributed by atoms with van der Waals surface area (Å²) in [7, 11) is 0. The molecule has 0 saturated heterocycles. The maximum Gasteiger partial charge on any atom is 0.373 e. The molecule has 0 spiro atoms. The highest BCUT2D eigenvalue weighted by molar-refractivity contribution is 6.31. The number of amides is 1. The number of carbonyl (C=O) groups is 2. The predicted molar refractivity (Wildman–Crippen MR) is 233 cm³/mol. The molecule has 0 atom stereocenters. The Morgan fingerprint density at radius 3 is 1.58 bits per heavy atom. The van der Waals surface area contributed by atoms with E-state index >= 15 is 0 Å². The van der Waals surface area contributed by atoms with E-state index in [1.807, 2.05) is 48.5 Å². The molecule has 0 fully saturated rings. The summed E-state index contributed by atoms with van der Waals surface area (Å²) < 4.78 is 24.5. The lowest BCUT2D eigenvalue weighted by Crippen LogP contribution is -2.16. The lowest BCUT2D eigenvalue weighted by atomic mass is 9.99. The zero-order valence-corrected chi connectivity index (χ0v) is 33.9. The standard InChI is InChI=1S/C27H21ClFN3O2.C21H18N2O3/c1-4-13-34-20-10-12-24-21(15-20)25(18-7-5-17(6-8-18)16(2)3)32-26(31-24)27(33)30-19-9-11-23(29)22(28)14-19;1-4-11-26-16-9-10-18-17(12-16)19(23-20(22-18)21(24)25)15-7-5-14(6-8-15)13(2)3/h1,5-12,14-16H,13H2,2-3H3,(H,30,33);1,5-10,12-13H,11H2,2-3H3,(H,24,25). The minimum absolute atomic E-state index is 0.0341. The Morgan fingerprint density at radius 2 is 1.15 bits per heavy atom. The van der Waals surface area contributed by atoms with Gasteiger partial charge in [0.2, 0.25) is 11.6 Å². The number of anilines is 1. The van der Waals surface area contributed by atoms with E-state index in [0.29, 0.717) is 62.2 Å². The summed E-state index contributed by atoms with van der Waals surface area (Å²) in [5, 5.41) is 13.3. The number of rotatable bonds is 11. The highest BCUT2D eigenvalue weighted by atomic mass is 35.5. The van der Waals surface area contributed by atoms with Crippen molar-refractivity contribution in [2.45, 2.75) is 39.5 Å². The number of ether oxygens (including phenoxy) is 2. The topological polar surface area (TPSA) is 136 Å². The molecule has 10 nitrogen and oxygen atoms in total. The summed E-state index contributed by atoms with van der Waals surface area (Å²) in [6.07, 6.45) is 10.5. The molecule has 2 N–H and O–H groups in total. The molecule has 0 aliphatic rings. The zero-order valence-electron chi connectivity index (χ0n) is 33.2. The molecular weight excluding hydrogens is 781 g/mol. The number of carboxylic acids is 1. The van der Waals surface area contributed by atoms with Crippen LogP contribution in [0.3, 0.4) is 0 Å². The van der Waals surface area contributed by atoms with Gasteiger partial charge in [0.1, 0.15) is 30.5 Å². The zero-order chi connectivity index (χ0) is 42.9. The van der Waals surface area contributed by atoms with Crippen molar-refractivity contribution in [2.24, 2.45) is 0 Å². The third-order valence-corrected chi connectivity index (χ3v) is 9.54. The van der Waals surface area contributed by atoms with Crippen LogP contribution in [0.15, 0.2) is 103 Å². The fraction of sp³-hybridized carbons (Fsp3) is 0.167. The molecule has 7 aromatic rings. The molecule has 0 aliphatic heterocycles. The van der Waals surface area contributed by atoms with E-state index in [-0.39, 0.29) is 29.9 Å². The molecule has 60 heavy (non-hydrogen) atoms. The molecule has 0 unspecified atom stereocenters. The number of fused-ring (bicyclic) bond motifs is 2. The van der Waals surface area contributed by atoms with Crippen molar-refractivity contribution in [3.8, 4) is 58.7 Å². The first-order chi connectivity index (χ1) is 28.8. The lowest BCUT2D eigenvalue weighted by molar-refractivity contribution is 0.0684. The van der Waals surface area contributed by atoms with E-state index in [4.69, 9.17) is 33.9 Å². The quantitative estimate of drug-likeness (QED) is 0.122. The Balaban J connectivity index is 0.000000209. The van der Waals surface area contributed by atoms with E-state index in [0.717, 1.165) is 11.1 Å². The smallest absolute Gasteiger partial charge is 0.373 e. The van der Waals surface area contributed by atoms with Gasteiger partial charge in [-0.05, 0) is 77.6 Å². The van der Waals surface area contributed by atoms with Gasteiger partial charge < -0.3 is 19.9 Å². The van der Waals surface area contributed by atoms with Crippen LogP contribution in [0.2, 0.25) is 5.02 Å². The third kappa shape index (κ3) is 10.0. The van der Waals surface area contributed by atoms with Crippen molar-refractivity contribution in [3.63, 3.8) is 0 Å². The van der Waals surface area contributed by atoms with Crippen LogP contribution in [0.5, 0.6) is 11.5 Å². The number of carbonyl (C=O) groups excluding carboxylic acids is 1. The fourth-order valence-electron chi connectivity index (χ4n) is 6.09. The van der Waals surface area contributed by atoms with Crippen LogP contribution in [0.25, 0.3) is 44.3 Å². The summed E-state index contributed by atoms with van der Waals surface area (Å²) in [5.74, 6) is 4.25. The second kappa shape index (κ2) is 18.9. The first kappa shape index (κ1) is 42.3. The number of nitrogens with one attached hydrogen (secondary N) is 1. The predicted octanol–water partition coefficient (Wildman–Crippen LogP) is 10.6. The first-order valence-corrected chi connectivity index (χ1v) is 19.2. The number of benzene rings is 5. The van der Waals surface area contributed by atoms with Crippen LogP contribution < -0.4 is 14.8 Å². The molecule has 0 saturated carbocycles. The number of nitrogens with zero attached hydrogens (tertiary/aromatic N) is 4. The van der Waals surface area contributed by atoms with E-state index in [9.17, 15) is 19.1 Å². The van der Waals surface area contributed by atoms with Crippen molar-refractivity contribution >= 4 is 51.0 Å². The third-order valence-electron chi connectivity index (χ3n) is 9.25. The number of hydrogen-bond acceptors (Lipinski definition) is 8. The molecule has 2 aromatic heterocycles. The van der Waals surface area contributed by atoms with Crippen molar-refractivity contribution < 1.29 is 28.6 Å². The van der Waals surface area contributed by atoms with Crippen molar-refractivity contribution in [1.82, 2.24) is 19.9 Å². The Labute approximate surface area is 351 Å². The molecule has 300 valence electrons. The number of hydrogen-bond donors (Lipinski definition) is 2. The van der Waals surface area contributed by atoms with E-state index < -0.39 is 17.7 Å². The minimum atomic E-state index is -1.17. The van der Waals surface area contributed by atoms with Crippen LogP contribution in [-0.2, 0) is 0 Å². The minimum Gasteiger partial charge on any atom is -0.481 e. The van der Waals surface area contributed by atoms with Crippen LogP contribution in [0.4, 0.5) is 10.1 Å².